The number of ether oxygens (including phenoxy) is 1. The molecule has 1 aromatic carbocycles. The zero-order valence-electron chi connectivity index (χ0n) is 15.1. The molecule has 5 nitrogen and oxygen atoms in total. The van der Waals surface area contributed by atoms with Gasteiger partial charge in [-0.1, -0.05) is 6.07 Å². The first kappa shape index (κ1) is 21.1. The number of carboxylic acid groups (broad SMARTS) is 1. The molecule has 1 aliphatic carbocycles. The van der Waals surface area contributed by atoms with Gasteiger partial charge in [-0.25, -0.2) is 4.79 Å². The average Bonchev–Trinajstić information content (AvgIpc) is 2.61. The van der Waals surface area contributed by atoms with Crippen molar-refractivity contribution in [1.82, 2.24) is 5.32 Å². The number of amides is 1. The van der Waals surface area contributed by atoms with Crippen molar-refractivity contribution in [3.8, 4) is 5.75 Å². The Bertz CT molecular complexity index is 667. The number of halogens is 3. The fourth-order valence-corrected chi connectivity index (χ4v) is 3.45. The van der Waals surface area contributed by atoms with Crippen molar-refractivity contribution in [2.75, 3.05) is 13.7 Å². The number of carbonyl (C=O) groups excluding carboxylic acids is 1. The largest absolute Gasteiger partial charge is 0.496 e. The van der Waals surface area contributed by atoms with Crippen LogP contribution < -0.4 is 10.1 Å². The van der Waals surface area contributed by atoms with E-state index < -0.39 is 18.1 Å². The minimum atomic E-state index is -4.14. The number of hydrogen-bond donors (Lipinski definition) is 2. The summed E-state index contributed by atoms with van der Waals surface area (Å²) >= 11 is 0. The Balaban J connectivity index is 1.76. The maximum Gasteiger partial charge on any atom is 0.391 e. The summed E-state index contributed by atoms with van der Waals surface area (Å²) in [5.41, 5.74) is 0.891. The van der Waals surface area contributed by atoms with Crippen LogP contribution >= 0.6 is 0 Å². The van der Waals surface area contributed by atoms with Gasteiger partial charge in [0.05, 0.1) is 18.6 Å². The van der Waals surface area contributed by atoms with Gasteiger partial charge in [-0.3, -0.25) is 4.79 Å². The third kappa shape index (κ3) is 6.15. The monoisotopic (exact) mass is 387 g/mol. The second-order valence-electron chi connectivity index (χ2n) is 6.90. The first-order valence-electron chi connectivity index (χ1n) is 8.94. The fraction of sp³-hybridized carbons (Fsp3) is 0.579. The summed E-state index contributed by atoms with van der Waals surface area (Å²) in [6.45, 7) is 0.347. The first-order valence-corrected chi connectivity index (χ1v) is 8.94. The quantitative estimate of drug-likeness (QED) is 0.746. The minimum Gasteiger partial charge on any atom is -0.496 e. The lowest BCUT2D eigenvalue weighted by atomic mass is 9.80. The molecule has 0 atom stereocenters. The zero-order valence-corrected chi connectivity index (χ0v) is 15.1. The van der Waals surface area contributed by atoms with Gasteiger partial charge in [-0.15, -0.1) is 0 Å². The van der Waals surface area contributed by atoms with Crippen molar-refractivity contribution in [2.45, 2.75) is 44.7 Å². The predicted molar refractivity (Wildman–Crippen MR) is 92.8 cm³/mol. The highest BCUT2D eigenvalue weighted by Crippen LogP contribution is 2.40. The molecule has 0 radical (unpaired) electrons. The second-order valence-corrected chi connectivity index (χ2v) is 6.90. The molecular weight excluding hydrogens is 363 g/mol. The van der Waals surface area contributed by atoms with E-state index in [9.17, 15) is 22.8 Å². The molecule has 1 aromatic rings. The molecule has 150 valence electrons. The lowest BCUT2D eigenvalue weighted by Crippen LogP contribution is -2.31. The zero-order chi connectivity index (χ0) is 20.0. The van der Waals surface area contributed by atoms with Gasteiger partial charge in [0.15, 0.2) is 0 Å². The van der Waals surface area contributed by atoms with Gasteiger partial charge in [0, 0.05) is 13.0 Å². The third-order valence-electron chi connectivity index (χ3n) is 5.03. The number of carbonyl (C=O) groups is 2. The maximum absolute atomic E-state index is 12.7. The highest BCUT2D eigenvalue weighted by Gasteiger charge is 2.41. The number of alkyl halides is 3. The van der Waals surface area contributed by atoms with Crippen LogP contribution in [0.3, 0.4) is 0 Å². The third-order valence-corrected chi connectivity index (χ3v) is 5.03. The number of methoxy groups -OCH3 is 1. The van der Waals surface area contributed by atoms with Crippen LogP contribution in [0.15, 0.2) is 18.2 Å². The summed E-state index contributed by atoms with van der Waals surface area (Å²) in [6, 6.07) is 4.55. The van der Waals surface area contributed by atoms with E-state index in [4.69, 9.17) is 9.84 Å². The van der Waals surface area contributed by atoms with Crippen LogP contribution in [0.4, 0.5) is 13.2 Å². The van der Waals surface area contributed by atoms with Crippen LogP contribution in [0.2, 0.25) is 0 Å². The van der Waals surface area contributed by atoms with Crippen molar-refractivity contribution >= 4 is 11.9 Å². The average molecular weight is 387 g/mol. The van der Waals surface area contributed by atoms with Gasteiger partial charge in [0.25, 0.3) is 0 Å². The normalized spacial score (nSPS) is 20.1. The number of nitrogens with one attached hydrogen (secondary N) is 1. The van der Waals surface area contributed by atoms with E-state index in [2.05, 4.69) is 5.32 Å². The van der Waals surface area contributed by atoms with Gasteiger partial charge in [0.2, 0.25) is 5.91 Å². The molecule has 0 bridgehead atoms. The van der Waals surface area contributed by atoms with Crippen molar-refractivity contribution in [1.29, 1.82) is 0 Å². The Morgan fingerprint density at radius 3 is 2.44 bits per heavy atom. The summed E-state index contributed by atoms with van der Waals surface area (Å²) in [6.07, 6.45) is -2.41. The number of carboxylic acids is 1. The van der Waals surface area contributed by atoms with Gasteiger partial charge in [-0.2, -0.15) is 13.2 Å². The predicted octanol–water partition coefficient (Wildman–Crippen LogP) is 3.81. The highest BCUT2D eigenvalue weighted by molar-refractivity contribution is 5.88. The smallest absolute Gasteiger partial charge is 0.391 e. The number of rotatable bonds is 7. The Labute approximate surface area is 155 Å². The Hall–Kier alpha value is -2.25. The number of benzene rings is 1. The van der Waals surface area contributed by atoms with E-state index in [0.29, 0.717) is 31.6 Å². The molecule has 0 saturated heterocycles. The minimum absolute atomic E-state index is 0.00649. The maximum atomic E-state index is 12.7. The van der Waals surface area contributed by atoms with Crippen LogP contribution in [0.1, 0.15) is 48.0 Å². The van der Waals surface area contributed by atoms with E-state index in [1.54, 1.807) is 6.07 Å². The van der Waals surface area contributed by atoms with Crippen LogP contribution in [-0.2, 0) is 11.2 Å². The van der Waals surface area contributed by atoms with Crippen LogP contribution in [-0.4, -0.2) is 36.8 Å². The number of aromatic carboxylic acids is 1. The molecule has 2 N–H and O–H groups in total. The molecule has 0 aliphatic heterocycles. The lowest BCUT2D eigenvalue weighted by molar-refractivity contribution is -0.184. The van der Waals surface area contributed by atoms with Gasteiger partial charge < -0.3 is 15.2 Å². The molecule has 2 rings (SSSR count). The van der Waals surface area contributed by atoms with Crippen molar-refractivity contribution in [3.63, 3.8) is 0 Å². The fourth-order valence-electron chi connectivity index (χ4n) is 3.45. The Morgan fingerprint density at radius 2 is 1.89 bits per heavy atom. The van der Waals surface area contributed by atoms with Crippen molar-refractivity contribution in [2.24, 2.45) is 11.8 Å². The number of hydrogen-bond acceptors (Lipinski definition) is 3. The molecule has 1 aliphatic rings. The molecule has 0 heterocycles. The summed E-state index contributed by atoms with van der Waals surface area (Å²) in [5.74, 6) is -2.03. The summed E-state index contributed by atoms with van der Waals surface area (Å²) in [7, 11) is 1.44. The summed E-state index contributed by atoms with van der Waals surface area (Å²) < 4.78 is 43.2. The van der Waals surface area contributed by atoms with Crippen molar-refractivity contribution in [3.05, 3.63) is 29.3 Å². The molecule has 27 heavy (non-hydrogen) atoms. The highest BCUT2D eigenvalue weighted by atomic mass is 19.4. The van der Waals surface area contributed by atoms with E-state index >= 15 is 0 Å². The lowest BCUT2D eigenvalue weighted by Gasteiger charge is -2.29. The Kier molecular flexibility index (Phi) is 7.10. The van der Waals surface area contributed by atoms with E-state index in [0.717, 1.165) is 5.56 Å². The van der Waals surface area contributed by atoms with Crippen LogP contribution in [0.5, 0.6) is 5.75 Å². The molecule has 1 saturated carbocycles. The molecular formula is C19H24F3NO4. The summed E-state index contributed by atoms with van der Waals surface area (Å²) in [5, 5.41) is 11.8. The van der Waals surface area contributed by atoms with E-state index in [-0.39, 0.29) is 36.7 Å². The Morgan fingerprint density at radius 1 is 1.22 bits per heavy atom. The molecule has 0 aromatic heterocycles. The molecule has 0 unspecified atom stereocenters. The molecule has 1 amide bonds. The molecule has 8 heteroatoms. The first-order chi connectivity index (χ1) is 12.7. The van der Waals surface area contributed by atoms with Gasteiger partial charge in [0.1, 0.15) is 5.75 Å². The van der Waals surface area contributed by atoms with E-state index in [1.807, 2.05) is 0 Å². The van der Waals surface area contributed by atoms with Crippen LogP contribution in [0.25, 0.3) is 0 Å². The standard InChI is InChI=1S/C19H24F3NO4/c1-27-16-11-14(18(25)26)5-4-13(16)8-9-23-17(24)10-12-2-6-15(7-3-12)19(20,21)22/h4-5,11-12,15H,2-3,6-10H2,1H3,(H,23,24)(H,25,26). The van der Waals surface area contributed by atoms with Gasteiger partial charge in [-0.05, 0) is 55.7 Å². The van der Waals surface area contributed by atoms with Gasteiger partial charge >= 0.3 is 12.1 Å². The van der Waals surface area contributed by atoms with Crippen LogP contribution in [0, 0.1) is 11.8 Å². The van der Waals surface area contributed by atoms with E-state index in [1.165, 1.54) is 19.2 Å². The second kappa shape index (κ2) is 9.10. The molecule has 1 fully saturated rings. The topological polar surface area (TPSA) is 75.6 Å². The molecule has 0 spiro atoms. The van der Waals surface area contributed by atoms with Crippen molar-refractivity contribution < 1.29 is 32.6 Å². The SMILES string of the molecule is COc1cc(C(=O)O)ccc1CCNC(=O)CC1CCC(C(F)(F)F)CC1. The summed E-state index contributed by atoms with van der Waals surface area (Å²) in [4.78, 5) is 23.0.